The summed E-state index contributed by atoms with van der Waals surface area (Å²) in [6, 6.07) is -0.228. The number of aromatic nitrogens is 3. The molecule has 0 aliphatic carbocycles. The Morgan fingerprint density at radius 3 is 2.88 bits per heavy atom. The summed E-state index contributed by atoms with van der Waals surface area (Å²) in [4.78, 5) is 14.0. The molecule has 3 rings (SSSR count). The summed E-state index contributed by atoms with van der Waals surface area (Å²) in [5, 5.41) is 11.5. The van der Waals surface area contributed by atoms with Gasteiger partial charge in [-0.3, -0.25) is 0 Å². The van der Waals surface area contributed by atoms with E-state index in [1.807, 2.05) is 6.92 Å². The van der Waals surface area contributed by atoms with E-state index in [1.54, 1.807) is 4.90 Å². The highest BCUT2D eigenvalue weighted by atomic mass is 32.2. The van der Waals surface area contributed by atoms with Gasteiger partial charge in [0.1, 0.15) is 11.6 Å². The molecule has 0 radical (unpaired) electrons. The standard InChI is InChI=1S/C17H29N5O3S/c1-14-8-12-26(24,25)13-11-21(14)17(23)18-9-5-7-16-20-19-15-6-3-2-4-10-22(15)16/h14H,2-13H2,1H3,(H,18,23). The minimum Gasteiger partial charge on any atom is -0.338 e. The molecule has 0 spiro atoms. The number of fused-ring (bicyclic) bond motifs is 1. The zero-order chi connectivity index (χ0) is 18.6. The first-order valence-electron chi connectivity index (χ1n) is 9.62. The van der Waals surface area contributed by atoms with E-state index in [0.717, 1.165) is 37.5 Å². The summed E-state index contributed by atoms with van der Waals surface area (Å²) in [5.41, 5.74) is 0. The smallest absolute Gasteiger partial charge is 0.317 e. The van der Waals surface area contributed by atoms with Gasteiger partial charge in [-0.05, 0) is 32.6 Å². The number of carbonyl (C=O) groups is 1. The van der Waals surface area contributed by atoms with Crippen LogP contribution in [0.2, 0.25) is 0 Å². The SMILES string of the molecule is CC1CCS(=O)(=O)CCN1C(=O)NCCCc1nnc2n1CCCCC2. The first kappa shape index (κ1) is 19.1. The topological polar surface area (TPSA) is 97.2 Å². The predicted molar refractivity (Wildman–Crippen MR) is 98.7 cm³/mol. The average Bonchev–Trinajstić information content (AvgIpc) is 2.76. The van der Waals surface area contributed by atoms with E-state index in [0.29, 0.717) is 13.0 Å². The Labute approximate surface area is 155 Å². The molecule has 2 aliphatic rings. The highest BCUT2D eigenvalue weighted by molar-refractivity contribution is 7.91. The van der Waals surface area contributed by atoms with Crippen LogP contribution in [-0.4, -0.2) is 64.8 Å². The Morgan fingerprint density at radius 2 is 2.04 bits per heavy atom. The lowest BCUT2D eigenvalue weighted by atomic mass is 10.2. The molecule has 2 aliphatic heterocycles. The van der Waals surface area contributed by atoms with Crippen molar-refractivity contribution in [3.8, 4) is 0 Å². The van der Waals surface area contributed by atoms with E-state index in [9.17, 15) is 13.2 Å². The molecule has 1 atom stereocenters. The van der Waals surface area contributed by atoms with Crippen molar-refractivity contribution in [3.63, 3.8) is 0 Å². The number of hydrogen-bond donors (Lipinski definition) is 1. The van der Waals surface area contributed by atoms with Gasteiger partial charge in [-0.15, -0.1) is 10.2 Å². The first-order chi connectivity index (χ1) is 12.5. The van der Waals surface area contributed by atoms with Crippen LogP contribution >= 0.6 is 0 Å². The van der Waals surface area contributed by atoms with E-state index in [1.165, 1.54) is 19.3 Å². The van der Waals surface area contributed by atoms with E-state index in [4.69, 9.17) is 0 Å². The van der Waals surface area contributed by atoms with Gasteiger partial charge in [0.25, 0.3) is 0 Å². The van der Waals surface area contributed by atoms with Gasteiger partial charge in [0.2, 0.25) is 0 Å². The van der Waals surface area contributed by atoms with Crippen molar-refractivity contribution in [2.45, 2.75) is 64.5 Å². The summed E-state index contributed by atoms with van der Waals surface area (Å²) < 4.78 is 25.7. The molecule has 0 saturated carbocycles. The molecular weight excluding hydrogens is 354 g/mol. The number of rotatable bonds is 4. The number of amides is 2. The van der Waals surface area contributed by atoms with Gasteiger partial charge in [0.05, 0.1) is 11.5 Å². The Morgan fingerprint density at radius 1 is 1.19 bits per heavy atom. The molecule has 1 aromatic rings. The molecule has 9 heteroatoms. The summed E-state index contributed by atoms with van der Waals surface area (Å²) in [5.74, 6) is 2.30. The number of aryl methyl sites for hydroxylation is 2. The Bertz CT molecular complexity index is 731. The lowest BCUT2D eigenvalue weighted by molar-refractivity contribution is 0.183. The van der Waals surface area contributed by atoms with Crippen LogP contribution < -0.4 is 5.32 Å². The Kier molecular flexibility index (Phi) is 6.16. The third-order valence-electron chi connectivity index (χ3n) is 5.32. The van der Waals surface area contributed by atoms with Crippen LogP contribution in [0.25, 0.3) is 0 Å². The van der Waals surface area contributed by atoms with Crippen LogP contribution in [0.4, 0.5) is 4.79 Å². The predicted octanol–water partition coefficient (Wildman–Crippen LogP) is 1.16. The summed E-state index contributed by atoms with van der Waals surface area (Å²) in [7, 11) is -3.02. The monoisotopic (exact) mass is 383 g/mol. The van der Waals surface area contributed by atoms with Gasteiger partial charge in [0.15, 0.2) is 9.84 Å². The van der Waals surface area contributed by atoms with Gasteiger partial charge in [-0.25, -0.2) is 13.2 Å². The van der Waals surface area contributed by atoms with Crippen molar-refractivity contribution in [1.29, 1.82) is 0 Å². The molecule has 1 fully saturated rings. The zero-order valence-corrected chi connectivity index (χ0v) is 16.3. The quantitative estimate of drug-likeness (QED) is 0.787. The Balaban J connectivity index is 1.46. The second-order valence-electron chi connectivity index (χ2n) is 7.31. The molecule has 0 aromatic carbocycles. The normalized spacial score (nSPS) is 23.0. The third kappa shape index (κ3) is 4.75. The van der Waals surface area contributed by atoms with Crippen LogP contribution in [-0.2, 0) is 29.2 Å². The highest BCUT2D eigenvalue weighted by Crippen LogP contribution is 2.15. The maximum Gasteiger partial charge on any atom is 0.317 e. The van der Waals surface area contributed by atoms with Crippen LogP contribution in [0.5, 0.6) is 0 Å². The number of sulfone groups is 1. The largest absolute Gasteiger partial charge is 0.338 e. The second kappa shape index (κ2) is 8.37. The number of nitrogens with one attached hydrogen (secondary N) is 1. The molecule has 1 aromatic heterocycles. The van der Waals surface area contributed by atoms with E-state index in [-0.39, 0.29) is 30.1 Å². The molecule has 1 saturated heterocycles. The summed E-state index contributed by atoms with van der Waals surface area (Å²) in [6.07, 6.45) is 6.67. The molecule has 8 nitrogen and oxygen atoms in total. The molecule has 1 N–H and O–H groups in total. The lowest BCUT2D eigenvalue weighted by Gasteiger charge is -2.26. The van der Waals surface area contributed by atoms with Crippen LogP contribution in [0.1, 0.15) is 50.7 Å². The first-order valence-corrected chi connectivity index (χ1v) is 11.4. The fraction of sp³-hybridized carbons (Fsp3) is 0.824. The van der Waals surface area contributed by atoms with E-state index < -0.39 is 9.84 Å². The van der Waals surface area contributed by atoms with Crippen LogP contribution in [0.3, 0.4) is 0 Å². The summed E-state index contributed by atoms with van der Waals surface area (Å²) >= 11 is 0. The van der Waals surface area contributed by atoms with Crippen LogP contribution in [0.15, 0.2) is 0 Å². The van der Waals surface area contributed by atoms with Gasteiger partial charge in [-0.2, -0.15) is 0 Å². The van der Waals surface area contributed by atoms with Crippen molar-refractivity contribution in [2.24, 2.45) is 0 Å². The fourth-order valence-electron chi connectivity index (χ4n) is 3.64. The van der Waals surface area contributed by atoms with Crippen molar-refractivity contribution in [3.05, 3.63) is 11.6 Å². The average molecular weight is 384 g/mol. The lowest BCUT2D eigenvalue weighted by Crippen LogP contribution is -2.46. The maximum absolute atomic E-state index is 12.4. The zero-order valence-electron chi connectivity index (χ0n) is 15.5. The molecule has 146 valence electrons. The number of urea groups is 1. The van der Waals surface area contributed by atoms with Crippen molar-refractivity contribution < 1.29 is 13.2 Å². The molecular formula is C17H29N5O3S. The van der Waals surface area contributed by atoms with Crippen molar-refractivity contribution in [1.82, 2.24) is 25.0 Å². The number of nitrogens with zero attached hydrogens (tertiary/aromatic N) is 4. The minimum atomic E-state index is -3.02. The Hall–Kier alpha value is -1.64. The van der Waals surface area contributed by atoms with Gasteiger partial charge < -0.3 is 14.8 Å². The highest BCUT2D eigenvalue weighted by Gasteiger charge is 2.27. The van der Waals surface area contributed by atoms with Crippen molar-refractivity contribution >= 4 is 15.9 Å². The molecule has 0 bridgehead atoms. The van der Waals surface area contributed by atoms with E-state index >= 15 is 0 Å². The van der Waals surface area contributed by atoms with Gasteiger partial charge >= 0.3 is 6.03 Å². The van der Waals surface area contributed by atoms with E-state index in [2.05, 4.69) is 20.1 Å². The number of hydrogen-bond acceptors (Lipinski definition) is 5. The molecule has 1 unspecified atom stereocenters. The van der Waals surface area contributed by atoms with Gasteiger partial charge in [-0.1, -0.05) is 6.42 Å². The molecule has 3 heterocycles. The third-order valence-corrected chi connectivity index (χ3v) is 6.98. The van der Waals surface area contributed by atoms with Crippen molar-refractivity contribution in [2.75, 3.05) is 24.6 Å². The number of carbonyl (C=O) groups excluding carboxylic acids is 1. The minimum absolute atomic E-state index is 0.0522. The second-order valence-corrected chi connectivity index (χ2v) is 9.62. The summed E-state index contributed by atoms with van der Waals surface area (Å²) in [6.45, 7) is 3.72. The maximum atomic E-state index is 12.4. The van der Waals surface area contributed by atoms with Gasteiger partial charge in [0, 0.05) is 38.5 Å². The van der Waals surface area contributed by atoms with Crippen LogP contribution in [0, 0.1) is 0 Å². The fourth-order valence-corrected chi connectivity index (χ4v) is 5.02. The molecule has 2 amide bonds. The molecule has 26 heavy (non-hydrogen) atoms.